The van der Waals surface area contributed by atoms with Crippen LogP contribution in [0.15, 0.2) is 0 Å². The number of carboxylic acids is 1. The van der Waals surface area contributed by atoms with Gasteiger partial charge in [-0.2, -0.15) is 0 Å². The lowest BCUT2D eigenvalue weighted by Crippen LogP contribution is -2.53. The summed E-state index contributed by atoms with van der Waals surface area (Å²) in [5.74, 6) is -0.725. The Kier molecular flexibility index (Phi) is 4.59. The first-order valence-corrected chi connectivity index (χ1v) is 6.88. The van der Waals surface area contributed by atoms with Crippen LogP contribution in [0.25, 0.3) is 0 Å². The van der Waals surface area contributed by atoms with Crippen LogP contribution in [0.3, 0.4) is 0 Å². The quantitative estimate of drug-likeness (QED) is 0.803. The highest BCUT2D eigenvalue weighted by Gasteiger charge is 2.30. The number of hydrogen-bond donors (Lipinski definition) is 1. The molecule has 104 valence electrons. The predicted octanol–water partition coefficient (Wildman–Crippen LogP) is 0.645. The summed E-state index contributed by atoms with van der Waals surface area (Å²) in [6.45, 7) is 8.16. The van der Waals surface area contributed by atoms with Crippen molar-refractivity contribution in [2.45, 2.75) is 44.9 Å². The van der Waals surface area contributed by atoms with Crippen molar-refractivity contribution < 1.29 is 14.6 Å². The highest BCUT2D eigenvalue weighted by Crippen LogP contribution is 2.24. The topological polar surface area (TPSA) is 53.0 Å². The lowest BCUT2D eigenvalue weighted by molar-refractivity contribution is -0.139. The third kappa shape index (κ3) is 3.67. The van der Waals surface area contributed by atoms with Crippen molar-refractivity contribution in [1.29, 1.82) is 0 Å². The number of rotatable bonds is 3. The normalized spacial score (nSPS) is 35.6. The molecule has 5 nitrogen and oxygen atoms in total. The Balaban J connectivity index is 1.80. The summed E-state index contributed by atoms with van der Waals surface area (Å²) in [6, 6.07) is 0.607. The molecule has 0 aromatic rings. The Morgan fingerprint density at radius 2 is 1.72 bits per heavy atom. The van der Waals surface area contributed by atoms with Gasteiger partial charge in [0.1, 0.15) is 0 Å². The minimum atomic E-state index is -0.725. The Labute approximate surface area is 109 Å². The van der Waals surface area contributed by atoms with Crippen LogP contribution in [0.2, 0.25) is 0 Å². The molecule has 18 heavy (non-hydrogen) atoms. The molecule has 0 bridgehead atoms. The summed E-state index contributed by atoms with van der Waals surface area (Å²) in [7, 11) is 0. The molecule has 2 rings (SSSR count). The number of carboxylic acid groups (broad SMARTS) is 1. The van der Waals surface area contributed by atoms with Gasteiger partial charge in [0, 0.05) is 32.2 Å². The summed E-state index contributed by atoms with van der Waals surface area (Å²) in [6.07, 6.45) is 2.89. The van der Waals surface area contributed by atoms with Crippen molar-refractivity contribution in [3.63, 3.8) is 0 Å². The molecule has 0 aliphatic carbocycles. The Bertz CT molecular complexity index is 280. The van der Waals surface area contributed by atoms with Crippen molar-refractivity contribution in [2.24, 2.45) is 0 Å². The second-order valence-electron chi connectivity index (χ2n) is 5.59. The van der Waals surface area contributed by atoms with Crippen LogP contribution in [0.1, 0.15) is 26.7 Å². The van der Waals surface area contributed by atoms with E-state index in [2.05, 4.69) is 18.7 Å². The molecule has 1 N–H and O–H groups in total. The third-order valence-electron chi connectivity index (χ3n) is 3.95. The van der Waals surface area contributed by atoms with E-state index in [1.54, 1.807) is 0 Å². The van der Waals surface area contributed by atoms with Gasteiger partial charge in [0.15, 0.2) is 0 Å². The zero-order valence-corrected chi connectivity index (χ0v) is 11.3. The van der Waals surface area contributed by atoms with Crippen LogP contribution in [0, 0.1) is 0 Å². The molecule has 2 unspecified atom stereocenters. The summed E-state index contributed by atoms with van der Waals surface area (Å²) in [5.41, 5.74) is 0. The number of carbonyl (C=O) groups is 1. The van der Waals surface area contributed by atoms with E-state index in [1.165, 1.54) is 0 Å². The van der Waals surface area contributed by atoms with Gasteiger partial charge >= 0.3 is 5.97 Å². The zero-order valence-electron chi connectivity index (χ0n) is 11.3. The molecule has 0 aromatic heterocycles. The summed E-state index contributed by atoms with van der Waals surface area (Å²) >= 11 is 0. The van der Waals surface area contributed by atoms with Gasteiger partial charge in [0.2, 0.25) is 0 Å². The van der Waals surface area contributed by atoms with Gasteiger partial charge in [-0.3, -0.25) is 14.6 Å². The fourth-order valence-electron chi connectivity index (χ4n) is 3.15. The maximum absolute atomic E-state index is 10.7. The van der Waals surface area contributed by atoms with E-state index < -0.39 is 5.97 Å². The molecule has 0 amide bonds. The van der Waals surface area contributed by atoms with Gasteiger partial charge in [-0.05, 0) is 26.7 Å². The summed E-state index contributed by atoms with van der Waals surface area (Å²) < 4.78 is 5.77. The molecule has 2 saturated heterocycles. The number of ether oxygens (including phenoxy) is 1. The van der Waals surface area contributed by atoms with E-state index >= 15 is 0 Å². The Hall–Kier alpha value is -0.650. The van der Waals surface area contributed by atoms with E-state index in [9.17, 15) is 4.79 Å². The van der Waals surface area contributed by atoms with E-state index in [0.717, 1.165) is 39.0 Å². The second-order valence-corrected chi connectivity index (χ2v) is 5.59. The highest BCUT2D eigenvalue weighted by atomic mass is 16.5. The smallest absolute Gasteiger partial charge is 0.317 e. The van der Waals surface area contributed by atoms with Gasteiger partial charge in [0.05, 0.1) is 18.8 Å². The molecule has 2 fully saturated rings. The number of aliphatic carboxylic acids is 1. The summed E-state index contributed by atoms with van der Waals surface area (Å²) in [5, 5.41) is 8.78. The maximum atomic E-state index is 10.7. The minimum Gasteiger partial charge on any atom is -0.480 e. The number of hydrogen-bond acceptors (Lipinski definition) is 4. The largest absolute Gasteiger partial charge is 0.480 e. The van der Waals surface area contributed by atoms with Crippen molar-refractivity contribution >= 4 is 5.97 Å². The minimum absolute atomic E-state index is 0.175. The molecule has 5 heteroatoms. The lowest BCUT2D eigenvalue weighted by Gasteiger charge is -2.43. The molecule has 2 atom stereocenters. The van der Waals surface area contributed by atoms with Crippen molar-refractivity contribution in [3.8, 4) is 0 Å². The van der Waals surface area contributed by atoms with Crippen molar-refractivity contribution in [2.75, 3.05) is 32.7 Å². The van der Waals surface area contributed by atoms with Crippen LogP contribution in [0.5, 0.6) is 0 Å². The van der Waals surface area contributed by atoms with Crippen LogP contribution in [-0.4, -0.2) is 71.8 Å². The molecule has 0 aromatic carbocycles. The average molecular weight is 256 g/mol. The number of nitrogens with zero attached hydrogens (tertiary/aromatic N) is 2. The van der Waals surface area contributed by atoms with Gasteiger partial charge in [-0.25, -0.2) is 0 Å². The fourth-order valence-corrected chi connectivity index (χ4v) is 3.15. The van der Waals surface area contributed by atoms with Crippen molar-refractivity contribution in [1.82, 2.24) is 9.80 Å². The standard InChI is InChI=1S/C13H24N2O3/c1-10-7-12(8-11(2)18-10)15-5-3-14(4-6-15)9-13(16)17/h10-12H,3-9H2,1-2H3,(H,16,17). The van der Waals surface area contributed by atoms with Crippen molar-refractivity contribution in [3.05, 3.63) is 0 Å². The predicted molar refractivity (Wildman–Crippen MR) is 68.7 cm³/mol. The fraction of sp³-hybridized carbons (Fsp3) is 0.923. The molecule has 0 spiro atoms. The Morgan fingerprint density at radius 3 is 2.22 bits per heavy atom. The van der Waals surface area contributed by atoms with Crippen LogP contribution in [0.4, 0.5) is 0 Å². The van der Waals surface area contributed by atoms with Gasteiger partial charge in [0.25, 0.3) is 0 Å². The first kappa shape index (κ1) is 13.8. The molecule has 2 aliphatic rings. The zero-order chi connectivity index (χ0) is 13.1. The first-order chi connectivity index (χ1) is 8.54. The summed E-state index contributed by atoms with van der Waals surface area (Å²) in [4.78, 5) is 15.2. The maximum Gasteiger partial charge on any atom is 0.317 e. The SMILES string of the molecule is CC1CC(N2CCN(CC(=O)O)CC2)CC(C)O1. The molecular formula is C13H24N2O3. The molecule has 0 saturated carbocycles. The van der Waals surface area contributed by atoms with Crippen LogP contribution < -0.4 is 0 Å². The van der Waals surface area contributed by atoms with Crippen LogP contribution >= 0.6 is 0 Å². The molecule has 2 heterocycles. The van der Waals surface area contributed by atoms with Gasteiger partial charge in [-0.1, -0.05) is 0 Å². The van der Waals surface area contributed by atoms with E-state index in [-0.39, 0.29) is 6.54 Å². The molecule has 0 radical (unpaired) electrons. The number of piperazine rings is 1. The molecular weight excluding hydrogens is 232 g/mol. The monoisotopic (exact) mass is 256 g/mol. The van der Waals surface area contributed by atoms with Crippen LogP contribution in [-0.2, 0) is 9.53 Å². The average Bonchev–Trinajstić information content (AvgIpc) is 2.27. The van der Waals surface area contributed by atoms with Gasteiger partial charge in [-0.15, -0.1) is 0 Å². The third-order valence-corrected chi connectivity index (χ3v) is 3.95. The lowest BCUT2D eigenvalue weighted by atomic mass is 9.97. The highest BCUT2D eigenvalue weighted by molar-refractivity contribution is 5.69. The first-order valence-electron chi connectivity index (χ1n) is 6.88. The van der Waals surface area contributed by atoms with E-state index in [0.29, 0.717) is 18.2 Å². The van der Waals surface area contributed by atoms with Gasteiger partial charge < -0.3 is 9.84 Å². The van der Waals surface area contributed by atoms with E-state index in [1.807, 2.05) is 4.90 Å². The van der Waals surface area contributed by atoms with E-state index in [4.69, 9.17) is 9.84 Å². The Morgan fingerprint density at radius 1 is 1.17 bits per heavy atom. The second kappa shape index (κ2) is 5.99. The molecule has 2 aliphatic heterocycles.